The SMILES string of the molecule is COC(=O)c1sc2ccc(Cl)cc2c1N. The van der Waals surface area contributed by atoms with Crippen LogP contribution in [-0.2, 0) is 4.74 Å². The number of anilines is 1. The number of hydrogen-bond acceptors (Lipinski definition) is 4. The lowest BCUT2D eigenvalue weighted by Crippen LogP contribution is -2.01. The molecular weight excluding hydrogens is 234 g/mol. The van der Waals surface area contributed by atoms with Crippen LogP contribution < -0.4 is 5.73 Å². The fourth-order valence-corrected chi connectivity index (χ4v) is 2.53. The van der Waals surface area contributed by atoms with Crippen molar-refractivity contribution in [3.63, 3.8) is 0 Å². The minimum atomic E-state index is -0.412. The van der Waals surface area contributed by atoms with E-state index in [-0.39, 0.29) is 0 Å². The van der Waals surface area contributed by atoms with Crippen molar-refractivity contribution >= 4 is 44.7 Å². The molecule has 1 aromatic heterocycles. The Hall–Kier alpha value is -1.26. The molecule has 78 valence electrons. The number of methoxy groups -OCH3 is 1. The zero-order valence-electron chi connectivity index (χ0n) is 7.91. The van der Waals surface area contributed by atoms with E-state index in [4.69, 9.17) is 17.3 Å². The summed E-state index contributed by atoms with van der Waals surface area (Å²) in [6.45, 7) is 0. The molecule has 0 saturated carbocycles. The second-order valence-electron chi connectivity index (χ2n) is 2.98. The number of nitrogen functional groups attached to an aromatic ring is 1. The smallest absolute Gasteiger partial charge is 0.350 e. The van der Waals surface area contributed by atoms with Gasteiger partial charge in [-0.1, -0.05) is 11.6 Å². The van der Waals surface area contributed by atoms with E-state index in [1.165, 1.54) is 18.4 Å². The van der Waals surface area contributed by atoms with Crippen molar-refractivity contribution in [1.82, 2.24) is 0 Å². The molecule has 0 aliphatic carbocycles. The van der Waals surface area contributed by atoms with Gasteiger partial charge >= 0.3 is 5.97 Å². The first-order chi connectivity index (χ1) is 7.13. The first kappa shape index (κ1) is 10.3. The van der Waals surface area contributed by atoms with E-state index in [1.54, 1.807) is 12.1 Å². The summed E-state index contributed by atoms with van der Waals surface area (Å²) < 4.78 is 5.56. The molecule has 0 atom stereocenters. The Kier molecular flexibility index (Phi) is 2.54. The molecule has 2 N–H and O–H groups in total. The van der Waals surface area contributed by atoms with Gasteiger partial charge in [0.25, 0.3) is 0 Å². The highest BCUT2D eigenvalue weighted by Gasteiger charge is 2.16. The average Bonchev–Trinajstić information content (AvgIpc) is 2.55. The van der Waals surface area contributed by atoms with Crippen molar-refractivity contribution in [3.05, 3.63) is 28.1 Å². The highest BCUT2D eigenvalue weighted by atomic mass is 35.5. The van der Waals surface area contributed by atoms with Gasteiger partial charge in [-0.15, -0.1) is 11.3 Å². The standard InChI is InChI=1S/C10H8ClNO2S/c1-14-10(13)9-8(12)6-4-5(11)2-3-7(6)15-9/h2-4H,12H2,1H3. The van der Waals surface area contributed by atoms with Crippen LogP contribution in [0, 0.1) is 0 Å². The van der Waals surface area contributed by atoms with Crippen LogP contribution in [-0.4, -0.2) is 13.1 Å². The zero-order chi connectivity index (χ0) is 11.0. The van der Waals surface area contributed by atoms with Gasteiger partial charge in [0.1, 0.15) is 4.88 Å². The Morgan fingerprint density at radius 2 is 2.27 bits per heavy atom. The number of thiophene rings is 1. The third kappa shape index (κ3) is 1.66. The molecule has 0 fully saturated rings. The molecule has 0 amide bonds. The first-order valence-electron chi connectivity index (χ1n) is 4.19. The van der Waals surface area contributed by atoms with Crippen LogP contribution >= 0.6 is 22.9 Å². The molecule has 2 rings (SSSR count). The first-order valence-corrected chi connectivity index (χ1v) is 5.38. The van der Waals surface area contributed by atoms with Crippen LogP contribution in [0.2, 0.25) is 5.02 Å². The normalized spacial score (nSPS) is 10.5. The molecule has 0 radical (unpaired) electrons. The predicted octanol–water partition coefficient (Wildman–Crippen LogP) is 2.92. The fourth-order valence-electron chi connectivity index (χ4n) is 1.33. The van der Waals surface area contributed by atoms with E-state index in [9.17, 15) is 4.79 Å². The van der Waals surface area contributed by atoms with Gasteiger partial charge in [0.2, 0.25) is 0 Å². The van der Waals surface area contributed by atoms with Gasteiger partial charge in [-0.05, 0) is 18.2 Å². The van der Waals surface area contributed by atoms with Gasteiger partial charge in [0.15, 0.2) is 0 Å². The van der Waals surface area contributed by atoms with Gasteiger partial charge in [0, 0.05) is 15.1 Å². The van der Waals surface area contributed by atoms with Crippen LogP contribution in [0.25, 0.3) is 10.1 Å². The van der Waals surface area contributed by atoms with Gasteiger partial charge in [-0.25, -0.2) is 4.79 Å². The highest BCUT2D eigenvalue weighted by Crippen LogP contribution is 2.35. The molecule has 15 heavy (non-hydrogen) atoms. The second-order valence-corrected chi connectivity index (χ2v) is 4.47. The largest absolute Gasteiger partial charge is 0.465 e. The molecule has 0 saturated heterocycles. The summed E-state index contributed by atoms with van der Waals surface area (Å²) in [4.78, 5) is 11.8. The summed E-state index contributed by atoms with van der Waals surface area (Å²) in [6.07, 6.45) is 0. The number of esters is 1. The Morgan fingerprint density at radius 3 is 2.93 bits per heavy atom. The molecule has 0 aliphatic rings. The fraction of sp³-hybridized carbons (Fsp3) is 0.100. The lowest BCUT2D eigenvalue weighted by Gasteiger charge is -1.96. The van der Waals surface area contributed by atoms with Gasteiger partial charge in [-0.3, -0.25) is 0 Å². The van der Waals surface area contributed by atoms with Crippen molar-refractivity contribution < 1.29 is 9.53 Å². The van der Waals surface area contributed by atoms with Gasteiger partial charge in [-0.2, -0.15) is 0 Å². The summed E-state index contributed by atoms with van der Waals surface area (Å²) >= 11 is 7.15. The lowest BCUT2D eigenvalue weighted by molar-refractivity contribution is 0.0607. The second kappa shape index (κ2) is 3.72. The van der Waals surface area contributed by atoms with Crippen molar-refractivity contribution in [3.8, 4) is 0 Å². The summed E-state index contributed by atoms with van der Waals surface area (Å²) in [5.74, 6) is -0.412. The van der Waals surface area contributed by atoms with E-state index in [2.05, 4.69) is 4.74 Å². The van der Waals surface area contributed by atoms with Crippen LogP contribution in [0.3, 0.4) is 0 Å². The number of carbonyl (C=O) groups is 1. The molecule has 1 aromatic carbocycles. The minimum absolute atomic E-state index is 0.412. The number of carbonyl (C=O) groups excluding carboxylic acids is 1. The Bertz CT molecular complexity index is 535. The van der Waals surface area contributed by atoms with E-state index in [1.807, 2.05) is 6.07 Å². The van der Waals surface area contributed by atoms with E-state index < -0.39 is 5.97 Å². The third-order valence-corrected chi connectivity index (χ3v) is 3.46. The number of fused-ring (bicyclic) bond motifs is 1. The summed E-state index contributed by atoms with van der Waals surface area (Å²) in [5, 5.41) is 1.40. The topological polar surface area (TPSA) is 52.3 Å². The summed E-state index contributed by atoms with van der Waals surface area (Å²) in [6, 6.07) is 5.35. The summed E-state index contributed by atoms with van der Waals surface area (Å²) in [7, 11) is 1.33. The number of ether oxygens (including phenoxy) is 1. The van der Waals surface area contributed by atoms with E-state index >= 15 is 0 Å². The number of rotatable bonds is 1. The molecule has 3 nitrogen and oxygen atoms in total. The molecule has 1 heterocycles. The van der Waals surface area contributed by atoms with E-state index in [0.29, 0.717) is 15.6 Å². The zero-order valence-corrected chi connectivity index (χ0v) is 9.48. The molecule has 0 spiro atoms. The maximum atomic E-state index is 11.4. The van der Waals surface area contributed by atoms with Crippen LogP contribution in [0.15, 0.2) is 18.2 Å². The van der Waals surface area contributed by atoms with Gasteiger partial charge in [0.05, 0.1) is 12.8 Å². The lowest BCUT2D eigenvalue weighted by atomic mass is 10.2. The van der Waals surface area contributed by atoms with Crippen LogP contribution in [0.1, 0.15) is 9.67 Å². The number of benzene rings is 1. The monoisotopic (exact) mass is 241 g/mol. The predicted molar refractivity (Wildman–Crippen MR) is 62.6 cm³/mol. The molecule has 2 aromatic rings. The minimum Gasteiger partial charge on any atom is -0.465 e. The molecule has 0 bridgehead atoms. The maximum Gasteiger partial charge on any atom is 0.350 e. The molecule has 0 unspecified atom stereocenters. The third-order valence-electron chi connectivity index (χ3n) is 2.06. The Labute approximate surface area is 95.4 Å². The average molecular weight is 242 g/mol. The van der Waals surface area contributed by atoms with Gasteiger partial charge < -0.3 is 10.5 Å². The van der Waals surface area contributed by atoms with Crippen molar-refractivity contribution in [2.24, 2.45) is 0 Å². The van der Waals surface area contributed by atoms with Crippen molar-refractivity contribution in [2.75, 3.05) is 12.8 Å². The molecule has 0 aliphatic heterocycles. The van der Waals surface area contributed by atoms with E-state index in [0.717, 1.165) is 10.1 Å². The van der Waals surface area contributed by atoms with Crippen molar-refractivity contribution in [1.29, 1.82) is 0 Å². The Balaban J connectivity index is 2.69. The van der Waals surface area contributed by atoms with Crippen LogP contribution in [0.5, 0.6) is 0 Å². The summed E-state index contributed by atoms with van der Waals surface area (Å²) in [5.41, 5.74) is 6.27. The van der Waals surface area contributed by atoms with Crippen LogP contribution in [0.4, 0.5) is 5.69 Å². The number of halogens is 1. The van der Waals surface area contributed by atoms with Crippen molar-refractivity contribution in [2.45, 2.75) is 0 Å². The number of hydrogen-bond donors (Lipinski definition) is 1. The molecule has 5 heteroatoms. The quantitative estimate of drug-likeness (QED) is 0.781. The highest BCUT2D eigenvalue weighted by molar-refractivity contribution is 7.21. The molecular formula is C10H8ClNO2S. The Morgan fingerprint density at radius 1 is 1.53 bits per heavy atom. The maximum absolute atomic E-state index is 11.4. The number of nitrogens with two attached hydrogens (primary N) is 1.